The van der Waals surface area contributed by atoms with Gasteiger partial charge < -0.3 is 24.8 Å². The normalized spacial score (nSPS) is 19.8. The zero-order chi connectivity index (χ0) is 12.3. The van der Waals surface area contributed by atoms with E-state index in [0.717, 1.165) is 6.54 Å². The van der Waals surface area contributed by atoms with Crippen molar-refractivity contribution in [2.45, 2.75) is 26.8 Å². The highest BCUT2D eigenvalue weighted by molar-refractivity contribution is 5.47. The maximum absolute atomic E-state index is 3.26. The lowest BCUT2D eigenvalue weighted by molar-refractivity contribution is -0.001000. The summed E-state index contributed by atoms with van der Waals surface area (Å²) in [7, 11) is 0. The summed E-state index contributed by atoms with van der Waals surface area (Å²) >= 11 is 0. The standard InChI is InChI=1S/C15H18N2.2ClH/c1-4-16-9-5-14(6-10-16)15-7-11-17(12-8-15)13(2)3;;/h5-9,11,13H,4H2,1-3H3;2*1H/q+2;;/p-2. The van der Waals surface area contributed by atoms with E-state index in [2.05, 4.69) is 62.6 Å². The van der Waals surface area contributed by atoms with E-state index >= 15 is 0 Å². The van der Waals surface area contributed by atoms with Crippen molar-refractivity contribution in [2.75, 3.05) is 6.54 Å². The predicted molar refractivity (Wildman–Crippen MR) is 70.3 cm³/mol. The van der Waals surface area contributed by atoms with Crippen molar-refractivity contribution in [3.05, 3.63) is 60.3 Å². The van der Waals surface area contributed by atoms with Gasteiger partial charge in [0.2, 0.25) is 0 Å². The Kier molecular flexibility index (Phi) is 7.44. The summed E-state index contributed by atoms with van der Waals surface area (Å²) in [5.74, 6) is 0. The van der Waals surface area contributed by atoms with Gasteiger partial charge in [0.05, 0.1) is 24.7 Å². The topological polar surface area (TPSA) is 6.48 Å². The van der Waals surface area contributed by atoms with Gasteiger partial charge in [-0.1, -0.05) is 0 Å². The Hall–Kier alpha value is -1.30. The molecule has 2 heterocycles. The minimum atomic E-state index is 0. The molecule has 0 unspecified atom stereocenters. The number of halogens is 2. The molecule has 2 rings (SSSR count). The first kappa shape index (κ1) is 17.7. The monoisotopic (exact) mass is 296 g/mol. The summed E-state index contributed by atoms with van der Waals surface area (Å²) in [5, 5.41) is 0. The van der Waals surface area contributed by atoms with Gasteiger partial charge in [-0.3, -0.25) is 0 Å². The third-order valence-corrected chi connectivity index (χ3v) is 2.83. The van der Waals surface area contributed by atoms with Crippen molar-refractivity contribution < 1.29 is 24.8 Å². The van der Waals surface area contributed by atoms with Crippen molar-refractivity contribution in [1.29, 1.82) is 0 Å². The molecule has 0 aromatic heterocycles. The first-order valence-corrected chi connectivity index (χ1v) is 6.05. The lowest BCUT2D eigenvalue weighted by atomic mass is 10.0. The second-order valence-corrected chi connectivity index (χ2v) is 4.38. The number of rotatable bonds is 2. The molecule has 0 amide bonds. The third kappa shape index (κ3) is 4.38. The molecule has 2 aliphatic rings. The minimum Gasteiger partial charge on any atom is -1.00 e. The van der Waals surface area contributed by atoms with E-state index in [9.17, 15) is 0 Å². The second-order valence-electron chi connectivity index (χ2n) is 4.38. The molecule has 0 aliphatic carbocycles. The fourth-order valence-corrected chi connectivity index (χ4v) is 1.69. The van der Waals surface area contributed by atoms with Crippen LogP contribution >= 0.6 is 0 Å². The maximum atomic E-state index is 3.26. The van der Waals surface area contributed by atoms with Crippen LogP contribution in [0.25, 0.3) is 0 Å². The van der Waals surface area contributed by atoms with Gasteiger partial charge in [-0.25, -0.2) is 9.80 Å². The molecule has 0 saturated carbocycles. The van der Waals surface area contributed by atoms with Crippen LogP contribution in [0.4, 0.5) is 0 Å². The molecule has 0 aromatic carbocycles. The fraction of sp³-hybridized carbons (Fsp3) is 0.333. The van der Waals surface area contributed by atoms with Gasteiger partial charge >= 0.3 is 0 Å². The van der Waals surface area contributed by atoms with Crippen LogP contribution in [0.3, 0.4) is 0 Å². The molecule has 0 bridgehead atoms. The van der Waals surface area contributed by atoms with Crippen molar-refractivity contribution in [2.24, 2.45) is 0 Å². The average Bonchev–Trinajstić information content (AvgIpc) is 2.39. The van der Waals surface area contributed by atoms with Crippen LogP contribution in [-0.2, 0) is 0 Å². The number of allylic oxidation sites excluding steroid dienone is 6. The molecule has 0 aromatic rings. The third-order valence-electron chi connectivity index (χ3n) is 2.83. The zero-order valence-corrected chi connectivity index (χ0v) is 12.9. The van der Waals surface area contributed by atoms with Gasteiger partial charge in [-0.15, -0.1) is 0 Å². The summed E-state index contributed by atoms with van der Waals surface area (Å²) < 4.78 is 0. The number of nitrogens with zero attached hydrogens (tertiary/aromatic N) is 2. The van der Waals surface area contributed by atoms with Gasteiger partial charge in [0.1, 0.15) is 37.0 Å². The van der Waals surface area contributed by atoms with Crippen LogP contribution in [-0.4, -0.2) is 22.4 Å². The van der Waals surface area contributed by atoms with Crippen LogP contribution in [0.5, 0.6) is 0 Å². The summed E-state index contributed by atoms with van der Waals surface area (Å²) in [5.41, 5.74) is 2.36. The minimum absolute atomic E-state index is 0. The smallest absolute Gasteiger partial charge is 0.153 e. The van der Waals surface area contributed by atoms with E-state index in [1.165, 1.54) is 11.1 Å². The second kappa shape index (κ2) is 7.99. The predicted octanol–water partition coefficient (Wildman–Crippen LogP) is -2.99. The summed E-state index contributed by atoms with van der Waals surface area (Å²) in [6, 6.07) is 0.452. The Morgan fingerprint density at radius 1 is 1.00 bits per heavy atom. The molecule has 0 spiro atoms. The lowest BCUT2D eigenvalue weighted by Gasteiger charge is -2.12. The molecule has 0 saturated heterocycles. The first-order valence-electron chi connectivity index (χ1n) is 6.05. The summed E-state index contributed by atoms with van der Waals surface area (Å²) in [6.45, 7) is 7.36. The summed E-state index contributed by atoms with van der Waals surface area (Å²) in [4.78, 5) is 4.10. The van der Waals surface area contributed by atoms with Gasteiger partial charge in [0.25, 0.3) is 0 Å². The van der Waals surface area contributed by atoms with Gasteiger partial charge in [-0.2, -0.15) is 0 Å². The van der Waals surface area contributed by atoms with Crippen LogP contribution in [0.1, 0.15) is 20.8 Å². The van der Waals surface area contributed by atoms with Crippen molar-refractivity contribution in [3.63, 3.8) is 0 Å². The van der Waals surface area contributed by atoms with E-state index in [0.29, 0.717) is 6.04 Å². The Balaban J connectivity index is 0.00000162. The van der Waals surface area contributed by atoms with Crippen molar-refractivity contribution in [3.8, 4) is 0 Å². The maximum Gasteiger partial charge on any atom is 0.153 e. The lowest BCUT2D eigenvalue weighted by Crippen LogP contribution is -3.00. The first-order chi connectivity index (χ1) is 8.20. The van der Waals surface area contributed by atoms with E-state index in [4.69, 9.17) is 0 Å². The van der Waals surface area contributed by atoms with Gasteiger partial charge in [0, 0.05) is 0 Å². The highest BCUT2D eigenvalue weighted by Gasteiger charge is 2.20. The van der Waals surface area contributed by atoms with Crippen molar-refractivity contribution >= 4 is 0 Å². The Morgan fingerprint density at radius 3 is 1.95 bits per heavy atom. The molecule has 2 nitrogen and oxygen atoms in total. The Morgan fingerprint density at radius 2 is 1.58 bits per heavy atom. The quantitative estimate of drug-likeness (QED) is 0.502. The molecule has 0 fully saturated rings. The number of hydrogen-bond donors (Lipinski definition) is 0. The Labute approximate surface area is 128 Å². The van der Waals surface area contributed by atoms with Crippen LogP contribution in [0.15, 0.2) is 47.9 Å². The largest absolute Gasteiger partial charge is 1.00 e. The highest BCUT2D eigenvalue weighted by Crippen LogP contribution is 2.19. The van der Waals surface area contributed by atoms with Crippen LogP contribution in [0.2, 0.25) is 0 Å². The SMILES string of the molecule is CCN1[C+]=CC(=C2C=[C+]N(C(C)C)C=C2)C=C1.[Cl-].[Cl-]. The van der Waals surface area contributed by atoms with Crippen molar-refractivity contribution in [1.82, 2.24) is 9.80 Å². The molecule has 4 heteroatoms. The van der Waals surface area contributed by atoms with Gasteiger partial charge in [0.15, 0.2) is 11.1 Å². The molecule has 2 aliphatic heterocycles. The molecular weight excluding hydrogens is 279 g/mol. The number of hydrogen-bond acceptors (Lipinski definition) is 2. The van der Waals surface area contributed by atoms with E-state index in [1.807, 2.05) is 17.1 Å². The molecule has 102 valence electrons. The van der Waals surface area contributed by atoms with Crippen LogP contribution < -0.4 is 24.8 Å². The van der Waals surface area contributed by atoms with Crippen LogP contribution in [0, 0.1) is 12.4 Å². The average molecular weight is 297 g/mol. The fourth-order valence-electron chi connectivity index (χ4n) is 1.69. The van der Waals surface area contributed by atoms with Gasteiger partial charge in [-0.05, 0) is 20.8 Å². The molecule has 0 N–H and O–H groups in total. The summed E-state index contributed by atoms with van der Waals surface area (Å²) in [6.07, 6.45) is 18.9. The van der Waals surface area contributed by atoms with E-state index in [1.54, 1.807) is 0 Å². The molecule has 0 atom stereocenters. The molecule has 19 heavy (non-hydrogen) atoms. The Bertz CT molecular complexity index is 399. The molecular formula is C15H18Cl2N2. The molecule has 0 radical (unpaired) electrons. The van der Waals surface area contributed by atoms with E-state index < -0.39 is 0 Å². The van der Waals surface area contributed by atoms with E-state index in [-0.39, 0.29) is 24.8 Å². The zero-order valence-electron chi connectivity index (χ0n) is 11.4. The highest BCUT2D eigenvalue weighted by atomic mass is 35.5.